The van der Waals surface area contributed by atoms with Crippen LogP contribution in [0.2, 0.25) is 0 Å². The molecule has 0 aliphatic heterocycles. The number of hydrogen-bond acceptors (Lipinski definition) is 6. The number of aromatic nitrogens is 1. The topological polar surface area (TPSA) is 89.5 Å². The second-order valence-electron chi connectivity index (χ2n) is 6.01. The molecule has 2 aromatic carbocycles. The summed E-state index contributed by atoms with van der Waals surface area (Å²) in [7, 11) is 1.33. The van der Waals surface area contributed by atoms with E-state index < -0.39 is 5.97 Å². The third kappa shape index (κ3) is 4.90. The van der Waals surface area contributed by atoms with Crippen LogP contribution in [-0.4, -0.2) is 30.6 Å². The monoisotopic (exact) mass is 391 g/mol. The number of amides is 1. The summed E-state index contributed by atoms with van der Waals surface area (Å²) in [5.74, 6) is -0.186. The van der Waals surface area contributed by atoms with Crippen molar-refractivity contribution in [3.63, 3.8) is 0 Å². The van der Waals surface area contributed by atoms with Crippen molar-refractivity contribution >= 4 is 28.9 Å². The number of para-hydroxylation sites is 3. The molecule has 29 heavy (non-hydrogen) atoms. The fourth-order valence-corrected chi connectivity index (χ4v) is 2.71. The van der Waals surface area contributed by atoms with Gasteiger partial charge < -0.3 is 20.1 Å². The summed E-state index contributed by atoms with van der Waals surface area (Å²) in [4.78, 5) is 28.7. The molecule has 2 N–H and O–H groups in total. The Morgan fingerprint density at radius 2 is 1.72 bits per heavy atom. The lowest BCUT2D eigenvalue weighted by atomic mass is 10.1. The van der Waals surface area contributed by atoms with Gasteiger partial charge in [0.05, 0.1) is 48.1 Å². The van der Waals surface area contributed by atoms with Gasteiger partial charge in [-0.3, -0.25) is 9.78 Å². The molecule has 148 valence electrons. The van der Waals surface area contributed by atoms with Crippen molar-refractivity contribution in [1.29, 1.82) is 0 Å². The highest BCUT2D eigenvalue weighted by Crippen LogP contribution is 2.25. The zero-order chi connectivity index (χ0) is 20.6. The number of carbonyl (C=O) groups excluding carboxylic acids is 2. The second-order valence-corrected chi connectivity index (χ2v) is 6.01. The van der Waals surface area contributed by atoms with Gasteiger partial charge >= 0.3 is 5.97 Å². The van der Waals surface area contributed by atoms with Gasteiger partial charge in [-0.05, 0) is 37.3 Å². The third-order valence-corrected chi connectivity index (χ3v) is 4.05. The van der Waals surface area contributed by atoms with Gasteiger partial charge in [-0.2, -0.15) is 0 Å². The molecule has 0 radical (unpaired) electrons. The summed E-state index contributed by atoms with van der Waals surface area (Å²) in [6.45, 7) is 2.37. The van der Waals surface area contributed by atoms with Gasteiger partial charge in [0.25, 0.3) is 5.91 Å². The number of pyridine rings is 1. The first kappa shape index (κ1) is 19.9. The van der Waals surface area contributed by atoms with E-state index in [0.29, 0.717) is 40.5 Å². The van der Waals surface area contributed by atoms with Crippen LogP contribution >= 0.6 is 0 Å². The molecule has 0 saturated carbocycles. The van der Waals surface area contributed by atoms with Crippen molar-refractivity contribution in [2.75, 3.05) is 24.4 Å². The molecule has 7 nitrogen and oxygen atoms in total. The van der Waals surface area contributed by atoms with E-state index in [0.717, 1.165) is 0 Å². The van der Waals surface area contributed by atoms with E-state index in [9.17, 15) is 9.59 Å². The number of carbonyl (C=O) groups is 2. The number of anilines is 3. The van der Waals surface area contributed by atoms with Crippen LogP contribution in [0.5, 0.6) is 5.75 Å². The number of benzene rings is 2. The van der Waals surface area contributed by atoms with Gasteiger partial charge in [-0.1, -0.05) is 24.3 Å². The molecule has 0 fully saturated rings. The van der Waals surface area contributed by atoms with Gasteiger partial charge in [-0.25, -0.2) is 4.79 Å². The number of rotatable bonds is 7. The summed E-state index contributed by atoms with van der Waals surface area (Å²) in [6.07, 6.45) is 3.04. The highest BCUT2D eigenvalue weighted by Gasteiger charge is 2.13. The average molecular weight is 391 g/mol. The van der Waals surface area contributed by atoms with Crippen LogP contribution in [-0.2, 0) is 4.74 Å². The van der Waals surface area contributed by atoms with Crippen LogP contribution in [0.3, 0.4) is 0 Å². The largest absolute Gasteiger partial charge is 0.492 e. The van der Waals surface area contributed by atoms with Crippen molar-refractivity contribution in [3.8, 4) is 5.75 Å². The number of methoxy groups -OCH3 is 1. The molecule has 0 aliphatic carbocycles. The van der Waals surface area contributed by atoms with Crippen LogP contribution in [0.25, 0.3) is 0 Å². The van der Waals surface area contributed by atoms with Crippen molar-refractivity contribution in [1.82, 2.24) is 4.98 Å². The summed E-state index contributed by atoms with van der Waals surface area (Å²) in [5.41, 5.74) is 2.44. The molecule has 3 aromatic rings. The Balaban J connectivity index is 1.80. The lowest BCUT2D eigenvalue weighted by Gasteiger charge is -2.13. The Kier molecular flexibility index (Phi) is 6.42. The minimum absolute atomic E-state index is 0.324. The van der Waals surface area contributed by atoms with Crippen LogP contribution in [0.15, 0.2) is 67.0 Å². The highest BCUT2D eigenvalue weighted by molar-refractivity contribution is 6.05. The first-order valence-electron chi connectivity index (χ1n) is 9.05. The van der Waals surface area contributed by atoms with E-state index in [-0.39, 0.29) is 5.91 Å². The van der Waals surface area contributed by atoms with Crippen molar-refractivity contribution in [2.45, 2.75) is 6.92 Å². The maximum Gasteiger partial charge on any atom is 0.339 e. The normalized spacial score (nSPS) is 10.1. The van der Waals surface area contributed by atoms with Crippen molar-refractivity contribution in [3.05, 3.63) is 78.1 Å². The molecule has 0 spiro atoms. The number of nitrogens with one attached hydrogen (secondary N) is 2. The summed E-state index contributed by atoms with van der Waals surface area (Å²) < 4.78 is 10.3. The molecule has 3 rings (SSSR count). The average Bonchev–Trinajstić information content (AvgIpc) is 2.75. The quantitative estimate of drug-likeness (QED) is 0.585. The van der Waals surface area contributed by atoms with E-state index in [4.69, 9.17) is 9.47 Å². The SMILES string of the molecule is CCOc1ccccc1NC(=O)c1cncc(Nc2ccccc2C(=O)OC)c1. The Morgan fingerprint density at radius 3 is 2.48 bits per heavy atom. The van der Waals surface area contributed by atoms with Crippen molar-refractivity contribution < 1.29 is 19.1 Å². The van der Waals surface area contributed by atoms with Crippen LogP contribution < -0.4 is 15.4 Å². The molecule has 0 bridgehead atoms. The Labute approximate surface area is 168 Å². The molecule has 1 aromatic heterocycles. The molecule has 0 atom stereocenters. The first-order chi connectivity index (χ1) is 14.1. The number of ether oxygens (including phenoxy) is 2. The van der Waals surface area contributed by atoms with E-state index in [1.54, 1.807) is 48.7 Å². The summed E-state index contributed by atoms with van der Waals surface area (Å²) in [6, 6.07) is 15.8. The van der Waals surface area contributed by atoms with E-state index in [2.05, 4.69) is 15.6 Å². The Hall–Kier alpha value is -3.87. The maximum absolute atomic E-state index is 12.7. The van der Waals surface area contributed by atoms with Crippen LogP contribution in [0.4, 0.5) is 17.1 Å². The first-order valence-corrected chi connectivity index (χ1v) is 9.05. The number of esters is 1. The number of nitrogens with zero attached hydrogens (tertiary/aromatic N) is 1. The molecule has 1 amide bonds. The predicted octanol–water partition coefficient (Wildman–Crippen LogP) is 4.26. The summed E-state index contributed by atoms with van der Waals surface area (Å²) >= 11 is 0. The summed E-state index contributed by atoms with van der Waals surface area (Å²) in [5, 5.41) is 5.95. The van der Waals surface area contributed by atoms with E-state index in [1.807, 2.05) is 19.1 Å². The van der Waals surface area contributed by atoms with Gasteiger partial charge in [-0.15, -0.1) is 0 Å². The Bertz CT molecular complexity index is 1020. The molecular weight excluding hydrogens is 370 g/mol. The predicted molar refractivity (Wildman–Crippen MR) is 111 cm³/mol. The standard InChI is InChI=1S/C22H21N3O4/c1-3-29-20-11-7-6-10-19(20)25-21(26)15-12-16(14-23-13-15)24-18-9-5-4-8-17(18)22(27)28-2/h4-14,24H,3H2,1-2H3,(H,25,26). The lowest BCUT2D eigenvalue weighted by Crippen LogP contribution is -2.13. The molecule has 0 unspecified atom stereocenters. The second kappa shape index (κ2) is 9.36. The fourth-order valence-electron chi connectivity index (χ4n) is 2.71. The highest BCUT2D eigenvalue weighted by atomic mass is 16.5. The number of hydrogen-bond donors (Lipinski definition) is 2. The fraction of sp³-hybridized carbons (Fsp3) is 0.136. The zero-order valence-corrected chi connectivity index (χ0v) is 16.1. The van der Waals surface area contributed by atoms with E-state index >= 15 is 0 Å². The van der Waals surface area contributed by atoms with E-state index in [1.165, 1.54) is 13.3 Å². The smallest absolute Gasteiger partial charge is 0.339 e. The van der Waals surface area contributed by atoms with Gasteiger partial charge in [0.2, 0.25) is 0 Å². The maximum atomic E-state index is 12.7. The molecule has 1 heterocycles. The molecule has 7 heteroatoms. The molecule has 0 aliphatic rings. The van der Waals surface area contributed by atoms with Crippen molar-refractivity contribution in [2.24, 2.45) is 0 Å². The minimum atomic E-state index is -0.456. The third-order valence-electron chi connectivity index (χ3n) is 4.05. The lowest BCUT2D eigenvalue weighted by molar-refractivity contribution is 0.0601. The Morgan fingerprint density at radius 1 is 1.00 bits per heavy atom. The van der Waals surface area contributed by atoms with Crippen LogP contribution in [0, 0.1) is 0 Å². The zero-order valence-electron chi connectivity index (χ0n) is 16.1. The van der Waals surface area contributed by atoms with Gasteiger partial charge in [0.15, 0.2) is 0 Å². The molecular formula is C22H21N3O4. The van der Waals surface area contributed by atoms with Gasteiger partial charge in [0.1, 0.15) is 5.75 Å². The van der Waals surface area contributed by atoms with Crippen LogP contribution in [0.1, 0.15) is 27.6 Å². The minimum Gasteiger partial charge on any atom is -0.492 e. The molecule has 0 saturated heterocycles. The van der Waals surface area contributed by atoms with Gasteiger partial charge in [0, 0.05) is 6.20 Å².